The van der Waals surface area contributed by atoms with Crippen LogP contribution in [0, 0.1) is 24.7 Å². The average molecular weight is 506 g/mol. The van der Waals surface area contributed by atoms with E-state index in [4.69, 9.17) is 4.74 Å². The second kappa shape index (κ2) is 9.57. The van der Waals surface area contributed by atoms with Gasteiger partial charge in [0.15, 0.2) is 0 Å². The van der Waals surface area contributed by atoms with Crippen LogP contribution in [0.4, 0.5) is 5.69 Å². The lowest BCUT2D eigenvalue weighted by atomic mass is 9.74. The fourth-order valence-electron chi connectivity index (χ4n) is 7.70. The number of fused-ring (bicyclic) bond motifs is 1. The molecule has 3 amide bonds. The number of amides is 3. The van der Waals surface area contributed by atoms with Crippen molar-refractivity contribution in [2.75, 3.05) is 5.32 Å². The van der Waals surface area contributed by atoms with Crippen LogP contribution in [-0.4, -0.2) is 52.5 Å². The van der Waals surface area contributed by atoms with Crippen molar-refractivity contribution >= 4 is 23.4 Å². The van der Waals surface area contributed by atoms with Crippen LogP contribution in [0.1, 0.15) is 70.3 Å². The first kappa shape index (κ1) is 24.7. The van der Waals surface area contributed by atoms with Crippen molar-refractivity contribution in [3.8, 4) is 0 Å². The highest BCUT2D eigenvalue weighted by atomic mass is 16.5. The van der Waals surface area contributed by atoms with Crippen LogP contribution in [0.25, 0.3) is 0 Å². The van der Waals surface area contributed by atoms with Gasteiger partial charge in [-0.2, -0.15) is 0 Å². The zero-order valence-electron chi connectivity index (χ0n) is 21.9. The van der Waals surface area contributed by atoms with Crippen LogP contribution in [0.5, 0.6) is 0 Å². The minimum Gasteiger partial charge on any atom is -0.359 e. The number of hydrogen-bond acceptors (Lipinski definition) is 4. The minimum atomic E-state index is -1.09. The molecular formula is C30H39N3O4. The summed E-state index contributed by atoms with van der Waals surface area (Å²) in [6, 6.07) is 7.05. The minimum absolute atomic E-state index is 0.0114. The van der Waals surface area contributed by atoms with Crippen LogP contribution in [0.3, 0.4) is 0 Å². The molecule has 0 aromatic heterocycles. The van der Waals surface area contributed by atoms with Crippen molar-refractivity contribution < 1.29 is 19.1 Å². The van der Waals surface area contributed by atoms with Crippen molar-refractivity contribution in [1.29, 1.82) is 0 Å². The Morgan fingerprint density at radius 1 is 1.03 bits per heavy atom. The number of hydrogen-bond donors (Lipinski definition) is 2. The van der Waals surface area contributed by atoms with E-state index in [9.17, 15) is 14.4 Å². The van der Waals surface area contributed by atoms with Gasteiger partial charge in [-0.1, -0.05) is 63.3 Å². The van der Waals surface area contributed by atoms with E-state index in [2.05, 4.69) is 17.6 Å². The molecule has 7 heteroatoms. The topological polar surface area (TPSA) is 87.7 Å². The molecule has 198 valence electrons. The number of nitrogens with one attached hydrogen (secondary N) is 2. The third-order valence-electron chi connectivity index (χ3n) is 9.56. The molecule has 2 saturated heterocycles. The van der Waals surface area contributed by atoms with Crippen LogP contribution >= 0.6 is 0 Å². The molecule has 1 aromatic rings. The molecule has 5 aliphatic rings. The molecule has 6 rings (SSSR count). The summed E-state index contributed by atoms with van der Waals surface area (Å²) in [5, 5.41) is 6.36. The van der Waals surface area contributed by atoms with E-state index >= 15 is 0 Å². The summed E-state index contributed by atoms with van der Waals surface area (Å²) in [7, 11) is 0. The number of ether oxygens (including phenoxy) is 1. The Morgan fingerprint density at radius 3 is 2.54 bits per heavy atom. The van der Waals surface area contributed by atoms with E-state index in [0.717, 1.165) is 56.9 Å². The number of benzene rings is 1. The zero-order valence-corrected chi connectivity index (χ0v) is 21.9. The zero-order chi connectivity index (χ0) is 25.7. The van der Waals surface area contributed by atoms with E-state index in [1.807, 2.05) is 48.2 Å². The quantitative estimate of drug-likeness (QED) is 0.590. The molecule has 3 aliphatic heterocycles. The van der Waals surface area contributed by atoms with Crippen LogP contribution in [-0.2, 0) is 19.1 Å². The van der Waals surface area contributed by atoms with Gasteiger partial charge in [-0.15, -0.1) is 0 Å². The number of rotatable bonds is 5. The first-order valence-electron chi connectivity index (χ1n) is 14.3. The van der Waals surface area contributed by atoms with Crippen molar-refractivity contribution in [2.24, 2.45) is 17.8 Å². The second-order valence-corrected chi connectivity index (χ2v) is 12.0. The van der Waals surface area contributed by atoms with E-state index in [1.54, 1.807) is 0 Å². The first-order chi connectivity index (χ1) is 17.9. The van der Waals surface area contributed by atoms with Crippen molar-refractivity contribution in [3.05, 3.63) is 42.0 Å². The summed E-state index contributed by atoms with van der Waals surface area (Å²) >= 11 is 0. The Balaban J connectivity index is 1.32. The molecule has 1 spiro atoms. The number of anilines is 1. The summed E-state index contributed by atoms with van der Waals surface area (Å²) in [6.45, 7) is 4.18. The predicted octanol–water partition coefficient (Wildman–Crippen LogP) is 4.11. The molecule has 1 aromatic carbocycles. The maximum Gasteiger partial charge on any atom is 0.246 e. The van der Waals surface area contributed by atoms with Gasteiger partial charge in [-0.25, -0.2) is 0 Å². The molecule has 0 unspecified atom stereocenters. The summed E-state index contributed by atoms with van der Waals surface area (Å²) in [4.78, 5) is 43.7. The SMILES string of the molecule is Cc1cccc(NC(=O)[C@H]2[C@H]3C=C[C@@]4(O3)[C@H]2C(=O)N(C2CCCCC2)[C@@H]4C(=O)N[C@H]2CCCC[C@H]2C)c1. The lowest BCUT2D eigenvalue weighted by Gasteiger charge is -2.40. The Kier molecular flexibility index (Phi) is 6.38. The maximum atomic E-state index is 14.2. The highest BCUT2D eigenvalue weighted by Crippen LogP contribution is 2.56. The van der Waals surface area contributed by atoms with Gasteiger partial charge < -0.3 is 20.3 Å². The number of carbonyl (C=O) groups is 3. The standard InChI is InChI=1S/C30H39N3O4/c1-18-9-8-11-20(17-18)31-27(34)24-23-15-16-30(37-23)25(24)29(36)33(21-12-4-3-5-13-21)26(30)28(35)32-22-14-7-6-10-19(22)2/h8-9,11,15-17,19,21-26H,3-7,10,12-14H2,1-2H3,(H,31,34)(H,32,35)/t19-,22+,23-,24+,25-,26-,30-/m1/s1. The third kappa shape index (κ3) is 4.10. The molecule has 3 heterocycles. The second-order valence-electron chi connectivity index (χ2n) is 12.0. The Labute approximate surface area is 219 Å². The first-order valence-corrected chi connectivity index (χ1v) is 14.3. The van der Waals surface area contributed by atoms with Gasteiger partial charge in [0.2, 0.25) is 17.7 Å². The summed E-state index contributed by atoms with van der Waals surface area (Å²) in [6.07, 6.45) is 12.7. The summed E-state index contributed by atoms with van der Waals surface area (Å²) in [5.74, 6) is -1.37. The average Bonchev–Trinajstić information content (AvgIpc) is 3.53. The highest BCUT2D eigenvalue weighted by Gasteiger charge is 2.73. The number of likely N-dealkylation sites (tertiary alicyclic amines) is 1. The largest absolute Gasteiger partial charge is 0.359 e. The highest BCUT2D eigenvalue weighted by molar-refractivity contribution is 6.03. The number of aryl methyl sites for hydroxylation is 1. The number of carbonyl (C=O) groups excluding carboxylic acids is 3. The van der Waals surface area contributed by atoms with Gasteiger partial charge >= 0.3 is 0 Å². The van der Waals surface area contributed by atoms with Crippen molar-refractivity contribution in [3.63, 3.8) is 0 Å². The lowest BCUT2D eigenvalue weighted by molar-refractivity contribution is -0.145. The van der Waals surface area contributed by atoms with Gasteiger partial charge in [0, 0.05) is 17.8 Å². The Morgan fingerprint density at radius 2 is 1.78 bits per heavy atom. The van der Waals surface area contributed by atoms with Gasteiger partial charge in [0.05, 0.1) is 17.9 Å². The normalized spacial score (nSPS) is 37.0. The molecule has 7 nitrogen and oxygen atoms in total. The van der Waals surface area contributed by atoms with Crippen LogP contribution < -0.4 is 10.6 Å². The molecule has 37 heavy (non-hydrogen) atoms. The summed E-state index contributed by atoms with van der Waals surface area (Å²) < 4.78 is 6.53. The molecular weight excluding hydrogens is 466 g/mol. The Bertz CT molecular complexity index is 1110. The monoisotopic (exact) mass is 505 g/mol. The predicted molar refractivity (Wildman–Crippen MR) is 141 cm³/mol. The smallest absolute Gasteiger partial charge is 0.246 e. The van der Waals surface area contributed by atoms with Crippen molar-refractivity contribution in [1.82, 2.24) is 10.2 Å². The van der Waals surface area contributed by atoms with Gasteiger partial charge in [0.1, 0.15) is 11.6 Å². The molecule has 2 bridgehead atoms. The van der Waals surface area contributed by atoms with E-state index < -0.39 is 29.6 Å². The van der Waals surface area contributed by atoms with Gasteiger partial charge in [-0.05, 0) is 56.2 Å². The van der Waals surface area contributed by atoms with Gasteiger partial charge in [0.25, 0.3) is 0 Å². The fourth-order valence-corrected chi connectivity index (χ4v) is 7.70. The van der Waals surface area contributed by atoms with Crippen LogP contribution in [0.15, 0.2) is 36.4 Å². The molecule has 7 atom stereocenters. The molecule has 2 saturated carbocycles. The molecule has 2 aliphatic carbocycles. The lowest BCUT2D eigenvalue weighted by Crippen LogP contribution is -2.59. The van der Waals surface area contributed by atoms with Crippen LogP contribution in [0.2, 0.25) is 0 Å². The number of nitrogens with zero attached hydrogens (tertiary/aromatic N) is 1. The molecule has 2 N–H and O–H groups in total. The molecule has 0 radical (unpaired) electrons. The fraction of sp³-hybridized carbons (Fsp3) is 0.633. The molecule has 4 fully saturated rings. The van der Waals surface area contributed by atoms with E-state index in [1.165, 1.54) is 6.42 Å². The summed E-state index contributed by atoms with van der Waals surface area (Å²) in [5.41, 5.74) is 0.670. The van der Waals surface area contributed by atoms with Gasteiger partial charge in [-0.3, -0.25) is 14.4 Å². The Hall–Kier alpha value is -2.67. The van der Waals surface area contributed by atoms with Crippen molar-refractivity contribution in [2.45, 2.75) is 101 Å². The maximum absolute atomic E-state index is 14.2. The van der Waals surface area contributed by atoms with E-state index in [-0.39, 0.29) is 29.8 Å². The third-order valence-corrected chi connectivity index (χ3v) is 9.56. The van der Waals surface area contributed by atoms with E-state index in [0.29, 0.717) is 11.6 Å².